The third-order valence-corrected chi connectivity index (χ3v) is 6.07. The number of rotatable bonds is 5. The van der Waals surface area contributed by atoms with E-state index in [9.17, 15) is 8.42 Å². The molecule has 0 spiro atoms. The van der Waals surface area contributed by atoms with Gasteiger partial charge in [0.25, 0.3) is 0 Å². The molecule has 6 heteroatoms. The fraction of sp³-hybridized carbons (Fsp3) is 0.733. The van der Waals surface area contributed by atoms with E-state index in [4.69, 9.17) is 0 Å². The van der Waals surface area contributed by atoms with Crippen LogP contribution in [0.1, 0.15) is 45.3 Å². The predicted molar refractivity (Wildman–Crippen MR) is 84.7 cm³/mol. The second kappa shape index (κ2) is 6.50. The number of nitrogens with one attached hydrogen (secondary N) is 1. The molecular weight excluding hydrogens is 286 g/mol. The highest BCUT2D eigenvalue weighted by atomic mass is 32.2. The molecule has 5 nitrogen and oxygen atoms in total. The molecule has 1 aromatic heterocycles. The first-order chi connectivity index (χ1) is 9.86. The number of nitrogens with zero attached hydrogens (tertiary/aromatic N) is 2. The van der Waals surface area contributed by atoms with E-state index < -0.39 is 10.0 Å². The average Bonchev–Trinajstić information content (AvgIpc) is 2.84. The number of aromatic nitrogens is 1. The van der Waals surface area contributed by atoms with Gasteiger partial charge in [-0.25, -0.2) is 8.42 Å². The molecule has 0 amide bonds. The van der Waals surface area contributed by atoms with E-state index in [1.54, 1.807) is 10.5 Å². The molecule has 0 unspecified atom stereocenters. The minimum absolute atomic E-state index is 0.249. The molecule has 1 N–H and O–H groups in total. The summed E-state index contributed by atoms with van der Waals surface area (Å²) in [6, 6.07) is 2.06. The maximum atomic E-state index is 12.8. The van der Waals surface area contributed by atoms with Crippen LogP contribution in [-0.2, 0) is 16.6 Å². The van der Waals surface area contributed by atoms with Gasteiger partial charge in [-0.15, -0.1) is 0 Å². The summed E-state index contributed by atoms with van der Waals surface area (Å²) >= 11 is 0. The van der Waals surface area contributed by atoms with E-state index in [0.717, 1.165) is 18.5 Å². The first kappa shape index (κ1) is 16.5. The lowest BCUT2D eigenvalue weighted by atomic mass is 10.0. The van der Waals surface area contributed by atoms with E-state index in [0.29, 0.717) is 30.4 Å². The highest BCUT2D eigenvalue weighted by molar-refractivity contribution is 7.89. The van der Waals surface area contributed by atoms with Gasteiger partial charge in [0, 0.05) is 37.6 Å². The quantitative estimate of drug-likeness (QED) is 0.907. The Morgan fingerprint density at radius 1 is 1.33 bits per heavy atom. The molecule has 0 atom stereocenters. The lowest BCUT2D eigenvalue weighted by molar-refractivity contribution is 0.288. The summed E-state index contributed by atoms with van der Waals surface area (Å²) in [5.41, 5.74) is 1.01. The Morgan fingerprint density at radius 2 is 1.95 bits per heavy atom. The summed E-state index contributed by atoms with van der Waals surface area (Å²) in [7, 11) is -1.48. The van der Waals surface area contributed by atoms with Gasteiger partial charge in [0.2, 0.25) is 10.0 Å². The summed E-state index contributed by atoms with van der Waals surface area (Å²) < 4.78 is 29.2. The van der Waals surface area contributed by atoms with Gasteiger partial charge in [-0.3, -0.25) is 0 Å². The van der Waals surface area contributed by atoms with Crippen LogP contribution in [-0.4, -0.2) is 37.4 Å². The van der Waals surface area contributed by atoms with E-state index in [-0.39, 0.29) is 6.04 Å². The molecule has 0 saturated carbocycles. The largest absolute Gasteiger partial charge is 0.346 e. The number of sulfonamides is 1. The van der Waals surface area contributed by atoms with E-state index >= 15 is 0 Å². The van der Waals surface area contributed by atoms with E-state index in [2.05, 4.69) is 26.1 Å². The van der Waals surface area contributed by atoms with Crippen molar-refractivity contribution in [3.05, 3.63) is 18.0 Å². The molecule has 2 heterocycles. The summed E-state index contributed by atoms with van der Waals surface area (Å²) in [5, 5.41) is 3.10. The van der Waals surface area contributed by atoms with Crippen LogP contribution in [0.5, 0.6) is 0 Å². The Morgan fingerprint density at radius 3 is 2.48 bits per heavy atom. The van der Waals surface area contributed by atoms with Gasteiger partial charge in [-0.2, -0.15) is 4.31 Å². The van der Waals surface area contributed by atoms with Gasteiger partial charge >= 0.3 is 0 Å². The third kappa shape index (κ3) is 3.49. The van der Waals surface area contributed by atoms with Crippen LogP contribution in [0.2, 0.25) is 0 Å². The van der Waals surface area contributed by atoms with Gasteiger partial charge in [-0.1, -0.05) is 6.92 Å². The number of piperidine rings is 1. The monoisotopic (exact) mass is 313 g/mol. The maximum Gasteiger partial charge on any atom is 0.244 e. The average molecular weight is 313 g/mol. The fourth-order valence-electron chi connectivity index (χ4n) is 2.82. The second-order valence-electron chi connectivity index (χ2n) is 6.29. The summed E-state index contributed by atoms with van der Waals surface area (Å²) in [6.07, 6.45) is 3.69. The molecule has 0 aliphatic carbocycles. The molecule has 0 bridgehead atoms. The van der Waals surface area contributed by atoms with Crippen molar-refractivity contribution in [2.75, 3.05) is 20.1 Å². The van der Waals surface area contributed by atoms with Gasteiger partial charge < -0.3 is 9.88 Å². The normalized spacial score (nSPS) is 18.5. The second-order valence-corrected chi connectivity index (χ2v) is 8.22. The first-order valence-electron chi connectivity index (χ1n) is 7.71. The molecular formula is C15H27N3O2S. The SMILES string of the molecule is CNCc1cc(S(=O)(=O)N2CCC(C)CC2)cn1C(C)C. The van der Waals surface area contributed by atoms with Crippen LogP contribution in [0.15, 0.2) is 17.2 Å². The zero-order valence-electron chi connectivity index (χ0n) is 13.5. The Bertz CT molecular complexity index is 570. The van der Waals surface area contributed by atoms with Crippen molar-refractivity contribution in [1.82, 2.24) is 14.2 Å². The molecule has 1 saturated heterocycles. The van der Waals surface area contributed by atoms with Gasteiger partial charge in [-0.05, 0) is 45.7 Å². The van der Waals surface area contributed by atoms with E-state index in [1.807, 2.05) is 17.7 Å². The maximum absolute atomic E-state index is 12.8. The Balaban J connectivity index is 2.29. The van der Waals surface area contributed by atoms with Crippen LogP contribution in [0, 0.1) is 5.92 Å². The van der Waals surface area contributed by atoms with Crippen LogP contribution in [0.4, 0.5) is 0 Å². The Labute approximate surface area is 128 Å². The highest BCUT2D eigenvalue weighted by Crippen LogP contribution is 2.26. The molecule has 21 heavy (non-hydrogen) atoms. The van der Waals surface area contributed by atoms with Crippen molar-refractivity contribution >= 4 is 10.0 Å². The van der Waals surface area contributed by atoms with Crippen molar-refractivity contribution in [2.24, 2.45) is 5.92 Å². The molecule has 120 valence electrons. The number of hydrogen-bond acceptors (Lipinski definition) is 3. The van der Waals surface area contributed by atoms with Crippen LogP contribution < -0.4 is 5.32 Å². The Kier molecular flexibility index (Phi) is 5.11. The molecule has 1 aliphatic heterocycles. The highest BCUT2D eigenvalue weighted by Gasteiger charge is 2.29. The minimum Gasteiger partial charge on any atom is -0.346 e. The van der Waals surface area contributed by atoms with Crippen LogP contribution in [0.25, 0.3) is 0 Å². The standard InChI is InChI=1S/C15H27N3O2S/c1-12(2)18-11-15(9-14(18)10-16-4)21(19,20)17-7-5-13(3)6-8-17/h9,11-13,16H,5-8,10H2,1-4H3. The molecule has 1 fully saturated rings. The molecule has 1 aliphatic rings. The van der Waals surface area contributed by atoms with E-state index in [1.165, 1.54) is 0 Å². The number of hydrogen-bond donors (Lipinski definition) is 1. The van der Waals surface area contributed by atoms with Crippen molar-refractivity contribution < 1.29 is 8.42 Å². The van der Waals surface area contributed by atoms with Crippen molar-refractivity contribution in [1.29, 1.82) is 0 Å². The molecule has 0 radical (unpaired) electrons. The molecule has 2 rings (SSSR count). The topological polar surface area (TPSA) is 54.3 Å². The van der Waals surface area contributed by atoms with Gasteiger partial charge in [0.15, 0.2) is 0 Å². The van der Waals surface area contributed by atoms with Crippen molar-refractivity contribution in [3.8, 4) is 0 Å². The lowest BCUT2D eigenvalue weighted by Gasteiger charge is -2.29. The Hall–Kier alpha value is -0.850. The fourth-order valence-corrected chi connectivity index (χ4v) is 4.34. The first-order valence-corrected chi connectivity index (χ1v) is 9.15. The van der Waals surface area contributed by atoms with Crippen LogP contribution in [0.3, 0.4) is 0 Å². The zero-order chi connectivity index (χ0) is 15.6. The van der Waals surface area contributed by atoms with Crippen LogP contribution >= 0.6 is 0 Å². The van der Waals surface area contributed by atoms with Crippen molar-refractivity contribution in [3.63, 3.8) is 0 Å². The van der Waals surface area contributed by atoms with Gasteiger partial charge in [0.1, 0.15) is 4.90 Å². The summed E-state index contributed by atoms with van der Waals surface area (Å²) in [4.78, 5) is 0.427. The minimum atomic E-state index is -3.35. The predicted octanol–water partition coefficient (Wildman–Crippen LogP) is 2.21. The van der Waals surface area contributed by atoms with Crippen molar-refractivity contribution in [2.45, 2.75) is 51.1 Å². The zero-order valence-corrected chi connectivity index (χ0v) is 14.3. The molecule has 1 aromatic rings. The van der Waals surface area contributed by atoms with Gasteiger partial charge in [0.05, 0.1) is 0 Å². The third-order valence-electron chi connectivity index (χ3n) is 4.20. The summed E-state index contributed by atoms with van der Waals surface area (Å²) in [5.74, 6) is 0.622. The summed E-state index contributed by atoms with van der Waals surface area (Å²) in [6.45, 7) is 8.26. The lowest BCUT2D eigenvalue weighted by Crippen LogP contribution is -2.37. The smallest absolute Gasteiger partial charge is 0.244 e. The molecule has 0 aromatic carbocycles.